The van der Waals surface area contributed by atoms with Gasteiger partial charge in [-0.15, -0.1) is 11.8 Å². The Morgan fingerprint density at radius 1 is 1.32 bits per heavy atom. The van der Waals surface area contributed by atoms with Gasteiger partial charge in [0.1, 0.15) is 5.75 Å². The lowest BCUT2D eigenvalue weighted by molar-refractivity contribution is -0.145. The minimum absolute atomic E-state index is 0.147. The molecule has 1 aromatic heterocycles. The van der Waals surface area contributed by atoms with Crippen molar-refractivity contribution in [2.45, 2.75) is 62.6 Å². The van der Waals surface area contributed by atoms with Crippen molar-refractivity contribution in [1.29, 1.82) is 0 Å². The van der Waals surface area contributed by atoms with Gasteiger partial charge in [0.05, 0.1) is 22.4 Å². The number of hydrogen-bond acceptors (Lipinski definition) is 6. The van der Waals surface area contributed by atoms with Crippen molar-refractivity contribution in [2.75, 3.05) is 24.2 Å². The minimum atomic E-state index is -0.833. The molecule has 0 saturated heterocycles. The van der Waals surface area contributed by atoms with Crippen LogP contribution in [0.25, 0.3) is 0 Å². The maximum Gasteiger partial charge on any atom is 0.323 e. The predicted molar refractivity (Wildman–Crippen MR) is 138 cm³/mol. The van der Waals surface area contributed by atoms with E-state index in [9.17, 15) is 14.7 Å². The second kappa shape index (κ2) is 12.7. The first-order valence-corrected chi connectivity index (χ1v) is 13.7. The minimum Gasteiger partial charge on any atom is -0.493 e. The summed E-state index contributed by atoms with van der Waals surface area (Å²) in [6, 6.07) is 7.37. The number of hydrogen-bond donors (Lipinski definition) is 2. The number of nitrogens with zero attached hydrogens (tertiary/aromatic N) is 2. The number of carbonyl (C=O) groups is 2. The molecule has 0 spiro atoms. The first kappa shape index (κ1) is 26.6. The number of halogens is 1. The summed E-state index contributed by atoms with van der Waals surface area (Å²) >= 11 is 8.82. The summed E-state index contributed by atoms with van der Waals surface area (Å²) < 4.78 is 6.68. The first-order valence-electron chi connectivity index (χ1n) is 11.5. The molecule has 1 aliphatic carbocycles. The number of thiazole rings is 1. The summed E-state index contributed by atoms with van der Waals surface area (Å²) in [7, 11) is 0. The van der Waals surface area contributed by atoms with Gasteiger partial charge in [-0.1, -0.05) is 48.3 Å². The average Bonchev–Trinajstić information content (AvgIpc) is 3.25. The van der Waals surface area contributed by atoms with E-state index in [2.05, 4.69) is 10.3 Å². The molecular formula is C24H32ClN3O4S2. The van der Waals surface area contributed by atoms with Crippen LogP contribution in [0.15, 0.2) is 34.7 Å². The van der Waals surface area contributed by atoms with Crippen LogP contribution in [0.5, 0.6) is 5.75 Å². The Bertz CT molecular complexity index is 963. The van der Waals surface area contributed by atoms with Gasteiger partial charge in [-0.3, -0.25) is 10.1 Å². The normalized spacial score (nSPS) is 14.6. The fourth-order valence-electron chi connectivity index (χ4n) is 3.68. The molecule has 7 nitrogen and oxygen atoms in total. The third-order valence-electron chi connectivity index (χ3n) is 5.74. The van der Waals surface area contributed by atoms with E-state index in [1.807, 2.05) is 17.0 Å². The fraction of sp³-hybridized carbons (Fsp3) is 0.542. The van der Waals surface area contributed by atoms with Gasteiger partial charge in [0.25, 0.3) is 0 Å². The molecule has 0 aliphatic heterocycles. The molecule has 1 aliphatic rings. The first-order chi connectivity index (χ1) is 16.2. The number of aliphatic carboxylic acids is 1. The maximum absolute atomic E-state index is 13.2. The molecule has 0 atom stereocenters. The second-order valence-electron chi connectivity index (χ2n) is 9.04. The highest BCUT2D eigenvalue weighted by Crippen LogP contribution is 2.33. The van der Waals surface area contributed by atoms with Crippen molar-refractivity contribution in [2.24, 2.45) is 5.41 Å². The number of urea groups is 1. The van der Waals surface area contributed by atoms with Crippen LogP contribution < -0.4 is 10.1 Å². The van der Waals surface area contributed by atoms with Crippen LogP contribution in [0.3, 0.4) is 0 Å². The molecule has 3 rings (SSSR count). The zero-order chi connectivity index (χ0) is 24.6. The van der Waals surface area contributed by atoms with Gasteiger partial charge < -0.3 is 14.7 Å². The fourth-order valence-corrected chi connectivity index (χ4v) is 5.81. The molecule has 34 heavy (non-hydrogen) atoms. The van der Waals surface area contributed by atoms with E-state index in [4.69, 9.17) is 16.3 Å². The highest BCUT2D eigenvalue weighted by molar-refractivity contribution is 8.01. The van der Waals surface area contributed by atoms with Crippen LogP contribution in [0.2, 0.25) is 5.02 Å². The summed E-state index contributed by atoms with van der Waals surface area (Å²) in [6.45, 7) is 4.49. The number of rotatable bonds is 11. The number of thioether (sulfide) groups is 1. The molecule has 10 heteroatoms. The number of carbonyl (C=O) groups excluding carboxylic acids is 1. The van der Waals surface area contributed by atoms with E-state index in [0.29, 0.717) is 35.5 Å². The van der Waals surface area contributed by atoms with Crippen molar-refractivity contribution in [3.63, 3.8) is 0 Å². The van der Waals surface area contributed by atoms with Crippen LogP contribution in [0, 0.1) is 5.41 Å². The summed E-state index contributed by atoms with van der Waals surface area (Å²) in [5, 5.41) is 13.4. The molecule has 1 fully saturated rings. The van der Waals surface area contributed by atoms with E-state index >= 15 is 0 Å². The number of amides is 2. The molecule has 0 bridgehead atoms. The van der Waals surface area contributed by atoms with Gasteiger partial charge in [0.15, 0.2) is 5.13 Å². The van der Waals surface area contributed by atoms with E-state index in [1.54, 1.807) is 32.2 Å². The molecule has 0 unspecified atom stereocenters. The molecule has 2 N–H and O–H groups in total. The lowest BCUT2D eigenvalue weighted by Crippen LogP contribution is -2.44. The molecule has 186 valence electrons. The summed E-state index contributed by atoms with van der Waals surface area (Å²) in [4.78, 5) is 30.7. The van der Waals surface area contributed by atoms with Crippen LogP contribution in [0.1, 0.15) is 52.4 Å². The third kappa shape index (κ3) is 8.06. The van der Waals surface area contributed by atoms with E-state index in [1.165, 1.54) is 29.5 Å². The van der Waals surface area contributed by atoms with Crippen molar-refractivity contribution in [1.82, 2.24) is 9.88 Å². The van der Waals surface area contributed by atoms with Gasteiger partial charge >= 0.3 is 12.0 Å². The largest absolute Gasteiger partial charge is 0.493 e. The molecular weight excluding hydrogens is 494 g/mol. The van der Waals surface area contributed by atoms with Crippen LogP contribution in [-0.2, 0) is 4.79 Å². The lowest BCUT2D eigenvalue weighted by atomic mass is 9.94. The summed E-state index contributed by atoms with van der Waals surface area (Å²) in [5.41, 5.74) is -0.830. The number of ether oxygens (including phenoxy) is 1. The number of nitrogens with one attached hydrogen (secondary N) is 1. The number of benzene rings is 1. The van der Waals surface area contributed by atoms with E-state index in [-0.39, 0.29) is 12.1 Å². The summed E-state index contributed by atoms with van der Waals surface area (Å²) in [5.74, 6) is 0.319. The van der Waals surface area contributed by atoms with Crippen molar-refractivity contribution >= 4 is 51.8 Å². The predicted octanol–water partition coefficient (Wildman–Crippen LogP) is 6.64. The van der Waals surface area contributed by atoms with Gasteiger partial charge in [0.2, 0.25) is 0 Å². The molecule has 0 radical (unpaired) electrons. The lowest BCUT2D eigenvalue weighted by Gasteiger charge is -2.34. The molecule has 1 heterocycles. The number of carboxylic acids is 1. The molecule has 1 saturated carbocycles. The number of aromatic nitrogens is 1. The van der Waals surface area contributed by atoms with Crippen LogP contribution in [0.4, 0.5) is 9.93 Å². The molecule has 1 aromatic carbocycles. The van der Waals surface area contributed by atoms with E-state index in [0.717, 1.165) is 35.6 Å². The Morgan fingerprint density at radius 2 is 2.09 bits per heavy atom. The van der Waals surface area contributed by atoms with Crippen LogP contribution in [-0.4, -0.2) is 51.9 Å². The Labute approximate surface area is 214 Å². The Morgan fingerprint density at radius 3 is 2.79 bits per heavy atom. The summed E-state index contributed by atoms with van der Waals surface area (Å²) in [6.07, 6.45) is 7.88. The van der Waals surface area contributed by atoms with Gasteiger partial charge in [-0.2, -0.15) is 0 Å². The Balaban J connectivity index is 1.55. The Hall–Kier alpha value is -1.97. The van der Waals surface area contributed by atoms with Gasteiger partial charge in [-0.05, 0) is 51.3 Å². The van der Waals surface area contributed by atoms with E-state index < -0.39 is 11.4 Å². The van der Waals surface area contributed by atoms with Crippen molar-refractivity contribution in [3.8, 4) is 5.75 Å². The average molecular weight is 526 g/mol. The van der Waals surface area contributed by atoms with Gasteiger partial charge in [-0.25, -0.2) is 9.78 Å². The quantitative estimate of drug-likeness (QED) is 0.252. The highest BCUT2D eigenvalue weighted by Gasteiger charge is 2.28. The zero-order valence-corrected chi connectivity index (χ0v) is 22.0. The van der Waals surface area contributed by atoms with Crippen LogP contribution >= 0.6 is 34.7 Å². The molecule has 2 amide bonds. The Kier molecular flexibility index (Phi) is 9.91. The highest BCUT2D eigenvalue weighted by atomic mass is 35.5. The topological polar surface area (TPSA) is 91.8 Å². The monoisotopic (exact) mass is 525 g/mol. The van der Waals surface area contributed by atoms with Gasteiger partial charge in [0, 0.05) is 23.4 Å². The SMILES string of the molecule is CC(C)(CSc1cnc(NC(=O)N(CCCOc2cccc(Cl)c2)C2CCCCC2)s1)C(=O)O. The third-order valence-corrected chi connectivity index (χ3v) is 8.54. The second-order valence-corrected chi connectivity index (χ2v) is 11.8. The molecule has 2 aromatic rings. The smallest absolute Gasteiger partial charge is 0.323 e. The zero-order valence-electron chi connectivity index (χ0n) is 19.6. The number of carboxylic acid groups (broad SMARTS) is 1. The van der Waals surface area contributed by atoms with Crippen molar-refractivity contribution < 1.29 is 19.4 Å². The maximum atomic E-state index is 13.2. The standard InChI is InChI=1S/C24H32ClN3O4S2/c1-24(2,21(29)30)16-33-20-15-26-22(34-20)27-23(31)28(18-9-4-3-5-10-18)12-7-13-32-19-11-6-8-17(25)14-19/h6,8,11,14-15,18H,3-5,7,9-10,12-13,16H2,1-2H3,(H,29,30)(H,26,27,31). The van der Waals surface area contributed by atoms with Crippen molar-refractivity contribution in [3.05, 3.63) is 35.5 Å². The number of anilines is 1.